The quantitative estimate of drug-likeness (QED) is 0.329. The number of hydrogen-bond acceptors (Lipinski definition) is 7. The van der Waals surface area contributed by atoms with Crippen LogP contribution in [-0.4, -0.2) is 26.5 Å². The predicted octanol–water partition coefficient (Wildman–Crippen LogP) is 4.17. The number of allylic oxidation sites excluding steroid dienone is 1. The Bertz CT molecular complexity index is 1260. The lowest BCUT2D eigenvalue weighted by Gasteiger charge is -2.11. The molecule has 4 rings (SSSR count). The molecule has 0 fully saturated rings. The average Bonchev–Trinajstić information content (AvgIpc) is 3.36. The Labute approximate surface area is 183 Å². The number of aromatic amines is 1. The van der Waals surface area contributed by atoms with E-state index in [0.29, 0.717) is 16.9 Å². The number of aromatic nitrogens is 4. The molecule has 0 unspecified atom stereocenters. The normalized spacial score (nSPS) is 10.8. The van der Waals surface area contributed by atoms with E-state index in [-0.39, 0.29) is 17.3 Å². The van der Waals surface area contributed by atoms with Gasteiger partial charge >= 0.3 is 0 Å². The molecule has 1 aromatic heterocycles. The minimum absolute atomic E-state index is 0.158. The molecule has 0 radical (unpaired) electrons. The Balaban J connectivity index is 1.45. The van der Waals surface area contributed by atoms with Crippen molar-refractivity contribution < 1.29 is 4.79 Å². The topological polar surface area (TPSA) is 131 Å². The highest BCUT2D eigenvalue weighted by Crippen LogP contribution is 2.21. The molecule has 156 valence electrons. The third kappa shape index (κ3) is 4.95. The maximum atomic E-state index is 12.9. The number of anilines is 4. The first kappa shape index (κ1) is 20.3. The van der Waals surface area contributed by atoms with Crippen molar-refractivity contribution in [1.29, 1.82) is 5.26 Å². The molecule has 9 nitrogen and oxygen atoms in total. The van der Waals surface area contributed by atoms with Crippen molar-refractivity contribution in [2.75, 3.05) is 16.0 Å². The molecule has 0 spiro atoms. The predicted molar refractivity (Wildman–Crippen MR) is 122 cm³/mol. The highest BCUT2D eigenvalue weighted by atomic mass is 16.1. The number of para-hydroxylation sites is 2. The molecule has 0 atom stereocenters. The molecule has 9 heteroatoms. The Hall–Kier alpha value is -4.97. The van der Waals surface area contributed by atoms with Gasteiger partial charge in [-0.2, -0.15) is 10.5 Å². The van der Waals surface area contributed by atoms with Crippen LogP contribution < -0.4 is 16.0 Å². The van der Waals surface area contributed by atoms with Crippen LogP contribution in [0.15, 0.2) is 85.1 Å². The zero-order valence-corrected chi connectivity index (χ0v) is 16.8. The van der Waals surface area contributed by atoms with Gasteiger partial charge in [0.2, 0.25) is 5.82 Å². The second-order valence-corrected chi connectivity index (χ2v) is 6.62. The first-order chi connectivity index (χ1) is 15.7. The van der Waals surface area contributed by atoms with Crippen LogP contribution in [0.25, 0.3) is 5.57 Å². The third-order valence-electron chi connectivity index (χ3n) is 4.46. The zero-order valence-electron chi connectivity index (χ0n) is 16.8. The smallest absolute Gasteiger partial charge is 0.257 e. The number of carbonyl (C=O) groups is 1. The Morgan fingerprint density at radius 2 is 1.59 bits per heavy atom. The fraction of sp³-hybridized carbons (Fsp3) is 0. The van der Waals surface area contributed by atoms with Crippen molar-refractivity contribution in [3.8, 4) is 6.07 Å². The maximum Gasteiger partial charge on any atom is 0.257 e. The van der Waals surface area contributed by atoms with Gasteiger partial charge in [0, 0.05) is 23.3 Å². The molecule has 32 heavy (non-hydrogen) atoms. The minimum Gasteiger partial charge on any atom is -0.360 e. The summed E-state index contributed by atoms with van der Waals surface area (Å²) in [5.41, 5.74) is 3.67. The number of tetrazole rings is 1. The minimum atomic E-state index is -0.289. The van der Waals surface area contributed by atoms with E-state index < -0.39 is 0 Å². The fourth-order valence-corrected chi connectivity index (χ4v) is 2.90. The van der Waals surface area contributed by atoms with E-state index in [1.165, 1.54) is 6.20 Å². The average molecular weight is 422 g/mol. The second kappa shape index (κ2) is 9.69. The Kier molecular flexibility index (Phi) is 6.15. The number of rotatable bonds is 7. The van der Waals surface area contributed by atoms with Crippen molar-refractivity contribution in [2.45, 2.75) is 0 Å². The van der Waals surface area contributed by atoms with E-state index in [9.17, 15) is 10.1 Å². The summed E-state index contributed by atoms with van der Waals surface area (Å²) >= 11 is 0. The van der Waals surface area contributed by atoms with Crippen LogP contribution in [0.1, 0.15) is 16.2 Å². The molecule has 4 aromatic rings. The number of benzene rings is 3. The number of nitrogens with one attached hydrogen (secondary N) is 4. The van der Waals surface area contributed by atoms with Crippen molar-refractivity contribution in [3.63, 3.8) is 0 Å². The van der Waals surface area contributed by atoms with Crippen LogP contribution in [0, 0.1) is 11.3 Å². The summed E-state index contributed by atoms with van der Waals surface area (Å²) in [7, 11) is 0. The highest BCUT2D eigenvalue weighted by Gasteiger charge is 2.12. The van der Waals surface area contributed by atoms with E-state index >= 15 is 0 Å². The van der Waals surface area contributed by atoms with Gasteiger partial charge in [-0.25, -0.2) is 0 Å². The summed E-state index contributed by atoms with van der Waals surface area (Å²) in [5, 5.41) is 31.8. The van der Waals surface area contributed by atoms with Gasteiger partial charge in [0.05, 0.1) is 11.3 Å². The van der Waals surface area contributed by atoms with Gasteiger partial charge < -0.3 is 16.0 Å². The zero-order chi connectivity index (χ0) is 22.2. The molecule has 4 N–H and O–H groups in total. The van der Waals surface area contributed by atoms with Crippen molar-refractivity contribution in [1.82, 2.24) is 20.6 Å². The molecule has 0 saturated carbocycles. The molecular weight excluding hydrogens is 404 g/mol. The van der Waals surface area contributed by atoms with Gasteiger partial charge in [-0.1, -0.05) is 30.3 Å². The van der Waals surface area contributed by atoms with E-state index in [2.05, 4.69) is 36.6 Å². The molecule has 1 heterocycles. The summed E-state index contributed by atoms with van der Waals surface area (Å²) in [4.78, 5) is 12.9. The highest BCUT2D eigenvalue weighted by molar-refractivity contribution is 6.08. The van der Waals surface area contributed by atoms with Crippen molar-refractivity contribution in [2.24, 2.45) is 0 Å². The summed E-state index contributed by atoms with van der Waals surface area (Å²) < 4.78 is 0. The van der Waals surface area contributed by atoms with Crippen molar-refractivity contribution >= 4 is 34.2 Å². The lowest BCUT2D eigenvalue weighted by Crippen LogP contribution is -2.13. The third-order valence-corrected chi connectivity index (χ3v) is 4.46. The number of nitriles is 1. The summed E-state index contributed by atoms with van der Waals surface area (Å²) in [5.74, 6) is -0.130. The Morgan fingerprint density at radius 3 is 2.31 bits per heavy atom. The largest absolute Gasteiger partial charge is 0.360 e. The summed E-state index contributed by atoms with van der Waals surface area (Å²) in [6, 6.07) is 26.2. The van der Waals surface area contributed by atoms with Crippen LogP contribution in [0.2, 0.25) is 0 Å². The number of nitrogens with zero attached hydrogens (tertiary/aromatic N) is 4. The number of H-pyrrole nitrogens is 1. The van der Waals surface area contributed by atoms with Crippen molar-refractivity contribution in [3.05, 3.63) is 96.5 Å². The number of hydrogen-bond donors (Lipinski definition) is 4. The van der Waals surface area contributed by atoms with Crippen LogP contribution in [0.3, 0.4) is 0 Å². The van der Waals surface area contributed by atoms with E-state index in [1.807, 2.05) is 60.7 Å². The summed E-state index contributed by atoms with van der Waals surface area (Å²) in [6.07, 6.45) is 1.43. The SMILES string of the molecule is N#CC(=CNc1ccccc1C(=O)Nc1ccc(Nc2ccccc2)cc1)c1nn[nH]n1. The first-order valence-corrected chi connectivity index (χ1v) is 9.66. The van der Waals surface area contributed by atoms with E-state index in [1.54, 1.807) is 24.3 Å². The van der Waals surface area contributed by atoms with E-state index in [4.69, 9.17) is 0 Å². The van der Waals surface area contributed by atoms with Crippen LogP contribution >= 0.6 is 0 Å². The van der Waals surface area contributed by atoms with Gasteiger partial charge in [-0.15, -0.1) is 10.2 Å². The molecular formula is C23H18N8O. The monoisotopic (exact) mass is 422 g/mol. The van der Waals surface area contributed by atoms with Gasteiger partial charge in [-0.3, -0.25) is 4.79 Å². The molecule has 0 aliphatic heterocycles. The van der Waals surface area contributed by atoms with Gasteiger partial charge in [0.25, 0.3) is 5.91 Å². The molecule has 0 aliphatic carbocycles. The number of amides is 1. The van der Waals surface area contributed by atoms with Gasteiger partial charge in [0.15, 0.2) is 0 Å². The number of carbonyl (C=O) groups excluding carboxylic acids is 1. The summed E-state index contributed by atoms with van der Waals surface area (Å²) in [6.45, 7) is 0. The first-order valence-electron chi connectivity index (χ1n) is 9.66. The van der Waals surface area contributed by atoms with Crippen LogP contribution in [0.5, 0.6) is 0 Å². The Morgan fingerprint density at radius 1 is 0.906 bits per heavy atom. The lowest BCUT2D eigenvalue weighted by atomic mass is 10.1. The van der Waals surface area contributed by atoms with Crippen LogP contribution in [0.4, 0.5) is 22.7 Å². The molecule has 0 bridgehead atoms. The molecule has 0 aliphatic rings. The van der Waals surface area contributed by atoms with Gasteiger partial charge in [-0.05, 0) is 53.7 Å². The second-order valence-electron chi connectivity index (χ2n) is 6.62. The molecule has 3 aromatic carbocycles. The fourth-order valence-electron chi connectivity index (χ4n) is 2.90. The standard InChI is InChI=1S/C23H18N8O/c24-14-16(22-28-30-31-29-22)15-25-21-9-5-4-8-20(21)23(32)27-19-12-10-18(11-13-19)26-17-6-2-1-3-7-17/h1-13,15,25-26H,(H,27,32)(H,28,29,30,31). The molecule has 0 saturated heterocycles. The van der Waals surface area contributed by atoms with Crippen LogP contribution in [-0.2, 0) is 0 Å². The lowest BCUT2D eigenvalue weighted by molar-refractivity contribution is 0.102. The maximum absolute atomic E-state index is 12.9. The molecule has 1 amide bonds. The van der Waals surface area contributed by atoms with E-state index in [0.717, 1.165) is 11.4 Å². The van der Waals surface area contributed by atoms with Gasteiger partial charge in [0.1, 0.15) is 11.6 Å².